The van der Waals surface area contributed by atoms with Gasteiger partial charge in [-0.1, -0.05) is 6.07 Å². The summed E-state index contributed by atoms with van der Waals surface area (Å²) < 4.78 is 5.43. The van der Waals surface area contributed by atoms with Crippen LogP contribution < -0.4 is 16.0 Å². The van der Waals surface area contributed by atoms with E-state index >= 15 is 0 Å². The van der Waals surface area contributed by atoms with Crippen LogP contribution in [0, 0.1) is 0 Å². The molecule has 17 heavy (non-hydrogen) atoms. The molecule has 0 spiro atoms. The first-order chi connectivity index (χ1) is 8.35. The van der Waals surface area contributed by atoms with Gasteiger partial charge in [-0.2, -0.15) is 0 Å². The predicted molar refractivity (Wildman–Crippen MR) is 68.9 cm³/mol. The molecule has 5 heteroatoms. The van der Waals surface area contributed by atoms with Gasteiger partial charge in [0.15, 0.2) is 0 Å². The van der Waals surface area contributed by atoms with Gasteiger partial charge in [0.2, 0.25) is 0 Å². The number of nitrogens with zero attached hydrogens (tertiary/aromatic N) is 1. The normalized spacial score (nSPS) is 12.4. The lowest BCUT2D eigenvalue weighted by atomic mass is 10.1. The molecule has 0 saturated heterocycles. The van der Waals surface area contributed by atoms with Gasteiger partial charge in [-0.3, -0.25) is 10.8 Å². The highest BCUT2D eigenvalue weighted by molar-refractivity contribution is 7.10. The summed E-state index contributed by atoms with van der Waals surface area (Å²) in [5.74, 6) is 6.37. The van der Waals surface area contributed by atoms with Gasteiger partial charge in [-0.15, -0.1) is 11.3 Å². The molecule has 0 aliphatic rings. The second-order valence-electron chi connectivity index (χ2n) is 3.50. The quantitative estimate of drug-likeness (QED) is 0.629. The van der Waals surface area contributed by atoms with E-state index in [1.165, 1.54) is 0 Å². The molecule has 0 aliphatic carbocycles. The van der Waals surface area contributed by atoms with Crippen LogP contribution in [0.2, 0.25) is 0 Å². The zero-order valence-electron chi connectivity index (χ0n) is 9.59. The Morgan fingerprint density at radius 3 is 3.06 bits per heavy atom. The maximum Gasteiger partial charge on any atom is 0.137 e. The fraction of sp³-hybridized carbons (Fsp3) is 0.250. The minimum atomic E-state index is -0.0390. The van der Waals surface area contributed by atoms with Crippen molar-refractivity contribution in [3.05, 3.63) is 46.4 Å². The van der Waals surface area contributed by atoms with Gasteiger partial charge in [0.25, 0.3) is 0 Å². The summed E-state index contributed by atoms with van der Waals surface area (Å²) in [4.78, 5) is 5.32. The van der Waals surface area contributed by atoms with Crippen LogP contribution in [0.1, 0.15) is 23.4 Å². The zero-order chi connectivity index (χ0) is 12.1. The fourth-order valence-corrected chi connectivity index (χ4v) is 2.45. The molecule has 2 aromatic heterocycles. The Morgan fingerprint density at radius 1 is 1.53 bits per heavy atom. The van der Waals surface area contributed by atoms with E-state index in [9.17, 15) is 0 Å². The van der Waals surface area contributed by atoms with Crippen molar-refractivity contribution < 1.29 is 4.74 Å². The Bertz CT molecular complexity index is 459. The molecule has 2 heterocycles. The van der Waals surface area contributed by atoms with Crippen LogP contribution in [0.5, 0.6) is 5.75 Å². The standard InChI is InChI=1S/C12H15N3OS/c1-2-16-10-6-9(7-14-8-10)12(15-13)11-4-3-5-17-11/h3-8,12,15H,2,13H2,1H3. The molecule has 1 atom stereocenters. The van der Waals surface area contributed by atoms with E-state index in [4.69, 9.17) is 10.6 Å². The highest BCUT2D eigenvalue weighted by atomic mass is 32.1. The molecule has 2 rings (SSSR count). The Kier molecular flexibility index (Phi) is 4.08. The first-order valence-corrected chi connectivity index (χ1v) is 6.30. The third kappa shape index (κ3) is 2.82. The van der Waals surface area contributed by atoms with Gasteiger partial charge in [-0.05, 0) is 30.0 Å². The third-order valence-corrected chi connectivity index (χ3v) is 3.31. The average Bonchev–Trinajstić information content (AvgIpc) is 2.85. The van der Waals surface area contributed by atoms with Crippen LogP contribution in [0.4, 0.5) is 0 Å². The van der Waals surface area contributed by atoms with Gasteiger partial charge in [0.1, 0.15) is 5.75 Å². The van der Waals surface area contributed by atoms with Crippen molar-refractivity contribution in [2.75, 3.05) is 6.61 Å². The monoisotopic (exact) mass is 249 g/mol. The largest absolute Gasteiger partial charge is 0.492 e. The second-order valence-corrected chi connectivity index (χ2v) is 4.48. The summed E-state index contributed by atoms with van der Waals surface area (Å²) in [6, 6.07) is 5.97. The van der Waals surface area contributed by atoms with E-state index in [1.54, 1.807) is 23.7 Å². The van der Waals surface area contributed by atoms with Crippen molar-refractivity contribution in [3.8, 4) is 5.75 Å². The van der Waals surface area contributed by atoms with Crippen LogP contribution in [-0.4, -0.2) is 11.6 Å². The van der Waals surface area contributed by atoms with Crippen molar-refractivity contribution >= 4 is 11.3 Å². The number of pyridine rings is 1. The smallest absolute Gasteiger partial charge is 0.137 e. The number of ether oxygens (including phenoxy) is 1. The minimum absolute atomic E-state index is 0.0390. The summed E-state index contributed by atoms with van der Waals surface area (Å²) in [5.41, 5.74) is 3.81. The number of hydrazine groups is 1. The highest BCUT2D eigenvalue weighted by Gasteiger charge is 2.14. The van der Waals surface area contributed by atoms with Crippen LogP contribution >= 0.6 is 11.3 Å². The van der Waals surface area contributed by atoms with Gasteiger partial charge in [0, 0.05) is 11.1 Å². The van der Waals surface area contributed by atoms with Crippen molar-refractivity contribution in [2.24, 2.45) is 5.84 Å². The summed E-state index contributed by atoms with van der Waals surface area (Å²) in [6.45, 7) is 2.58. The molecule has 3 N–H and O–H groups in total. The Labute approximate surface area is 104 Å². The second kappa shape index (κ2) is 5.77. The van der Waals surface area contributed by atoms with Gasteiger partial charge < -0.3 is 4.74 Å². The number of thiophene rings is 1. The maximum atomic E-state index is 5.61. The van der Waals surface area contributed by atoms with Gasteiger partial charge >= 0.3 is 0 Å². The van der Waals surface area contributed by atoms with Crippen molar-refractivity contribution in [3.63, 3.8) is 0 Å². The molecule has 0 aromatic carbocycles. The topological polar surface area (TPSA) is 60.2 Å². The Hall–Kier alpha value is -1.43. The molecule has 0 aliphatic heterocycles. The molecular weight excluding hydrogens is 234 g/mol. The molecule has 0 radical (unpaired) electrons. The number of hydrogen-bond acceptors (Lipinski definition) is 5. The number of rotatable bonds is 5. The van der Waals surface area contributed by atoms with Crippen molar-refractivity contribution in [1.82, 2.24) is 10.4 Å². The van der Waals surface area contributed by atoms with E-state index in [0.717, 1.165) is 16.2 Å². The lowest BCUT2D eigenvalue weighted by molar-refractivity contribution is 0.338. The van der Waals surface area contributed by atoms with Gasteiger partial charge in [0.05, 0.1) is 18.8 Å². The van der Waals surface area contributed by atoms with E-state index in [2.05, 4.69) is 10.4 Å². The third-order valence-electron chi connectivity index (χ3n) is 2.37. The molecular formula is C12H15N3OS. The Morgan fingerprint density at radius 2 is 2.41 bits per heavy atom. The minimum Gasteiger partial charge on any atom is -0.492 e. The molecule has 1 unspecified atom stereocenters. The predicted octanol–water partition coefficient (Wildman–Crippen LogP) is 2.09. The maximum absolute atomic E-state index is 5.61. The number of nitrogens with one attached hydrogen (secondary N) is 1. The van der Waals surface area contributed by atoms with Crippen molar-refractivity contribution in [1.29, 1.82) is 0 Å². The summed E-state index contributed by atoms with van der Waals surface area (Å²) >= 11 is 1.66. The van der Waals surface area contributed by atoms with Crippen LogP contribution in [-0.2, 0) is 0 Å². The molecule has 4 nitrogen and oxygen atoms in total. The summed E-state index contributed by atoms with van der Waals surface area (Å²) in [7, 11) is 0. The van der Waals surface area contributed by atoms with E-state index in [1.807, 2.05) is 30.5 Å². The lowest BCUT2D eigenvalue weighted by Gasteiger charge is -2.15. The molecule has 0 fully saturated rings. The molecule has 0 amide bonds. The van der Waals surface area contributed by atoms with Crippen LogP contribution in [0.15, 0.2) is 36.0 Å². The van der Waals surface area contributed by atoms with E-state index in [-0.39, 0.29) is 6.04 Å². The lowest BCUT2D eigenvalue weighted by Crippen LogP contribution is -2.28. The SMILES string of the molecule is CCOc1cncc(C(NN)c2cccs2)c1. The van der Waals surface area contributed by atoms with E-state index in [0.29, 0.717) is 6.61 Å². The fourth-order valence-electron chi connectivity index (χ4n) is 1.64. The molecule has 0 bridgehead atoms. The number of aromatic nitrogens is 1. The first kappa shape index (κ1) is 12.0. The summed E-state index contributed by atoms with van der Waals surface area (Å²) in [6.07, 6.45) is 3.50. The average molecular weight is 249 g/mol. The zero-order valence-corrected chi connectivity index (χ0v) is 10.4. The van der Waals surface area contributed by atoms with Crippen LogP contribution in [0.3, 0.4) is 0 Å². The van der Waals surface area contributed by atoms with Gasteiger partial charge in [-0.25, -0.2) is 5.43 Å². The molecule has 2 aromatic rings. The number of nitrogens with two attached hydrogens (primary N) is 1. The molecule has 90 valence electrons. The highest BCUT2D eigenvalue weighted by Crippen LogP contribution is 2.26. The van der Waals surface area contributed by atoms with Crippen LogP contribution in [0.25, 0.3) is 0 Å². The van der Waals surface area contributed by atoms with E-state index < -0.39 is 0 Å². The van der Waals surface area contributed by atoms with Crippen molar-refractivity contribution in [2.45, 2.75) is 13.0 Å². The summed E-state index contributed by atoms with van der Waals surface area (Å²) in [5, 5.41) is 2.03. The number of hydrogen-bond donors (Lipinski definition) is 2. The first-order valence-electron chi connectivity index (χ1n) is 5.42. The molecule has 0 saturated carbocycles. The Balaban J connectivity index is 2.28.